The van der Waals surface area contributed by atoms with Crippen LogP contribution in [-0.4, -0.2) is 20.8 Å². The minimum Gasteiger partial charge on any atom is -0.364 e. The summed E-state index contributed by atoms with van der Waals surface area (Å²) in [5, 5.41) is 7.48. The molecular formula is C8H8N4O2. The molecule has 0 fully saturated rings. The lowest BCUT2D eigenvalue weighted by molar-refractivity contribution is 0.0992. The molecule has 0 saturated heterocycles. The normalized spacial score (nSPS) is 10.4. The van der Waals surface area contributed by atoms with Crippen molar-refractivity contribution in [1.82, 2.24) is 14.9 Å². The van der Waals surface area contributed by atoms with E-state index in [0.717, 1.165) is 5.56 Å². The highest BCUT2D eigenvalue weighted by Crippen LogP contribution is 2.21. The van der Waals surface area contributed by atoms with Gasteiger partial charge in [0.1, 0.15) is 6.26 Å². The Kier molecular flexibility index (Phi) is 1.81. The largest absolute Gasteiger partial charge is 0.364 e. The first-order valence-corrected chi connectivity index (χ1v) is 3.91. The summed E-state index contributed by atoms with van der Waals surface area (Å²) in [5.74, 6) is -0.613. The number of nitrogens with two attached hydrogens (primary N) is 1. The fraction of sp³-hybridized carbons (Fsp3) is 0.125. The first-order valence-electron chi connectivity index (χ1n) is 3.91. The van der Waals surface area contributed by atoms with E-state index in [1.54, 1.807) is 24.1 Å². The molecule has 14 heavy (non-hydrogen) atoms. The molecule has 2 rings (SSSR count). The van der Waals surface area contributed by atoms with Gasteiger partial charge in [-0.15, -0.1) is 0 Å². The molecule has 0 unspecified atom stereocenters. The van der Waals surface area contributed by atoms with Crippen LogP contribution in [0.5, 0.6) is 0 Å². The first-order chi connectivity index (χ1) is 6.68. The average Bonchev–Trinajstić information content (AvgIpc) is 2.70. The Labute approximate surface area is 79.3 Å². The van der Waals surface area contributed by atoms with E-state index >= 15 is 0 Å². The molecule has 0 atom stereocenters. The van der Waals surface area contributed by atoms with E-state index in [9.17, 15) is 4.79 Å². The Balaban J connectivity index is 2.51. The predicted octanol–water partition coefficient (Wildman–Crippen LogP) is 0.174. The van der Waals surface area contributed by atoms with Gasteiger partial charge in [0.15, 0.2) is 5.69 Å². The third-order valence-corrected chi connectivity index (χ3v) is 1.82. The molecule has 2 N–H and O–H groups in total. The average molecular weight is 192 g/mol. The zero-order valence-electron chi connectivity index (χ0n) is 7.47. The van der Waals surface area contributed by atoms with Crippen molar-refractivity contribution in [3.63, 3.8) is 0 Å². The van der Waals surface area contributed by atoms with E-state index in [0.29, 0.717) is 5.56 Å². The smallest absolute Gasteiger partial charge is 0.271 e. The minimum atomic E-state index is -0.613. The lowest BCUT2D eigenvalue weighted by Gasteiger charge is -1.91. The number of primary amides is 1. The summed E-state index contributed by atoms with van der Waals surface area (Å²) in [6.45, 7) is 0. The van der Waals surface area contributed by atoms with Crippen molar-refractivity contribution in [2.75, 3.05) is 0 Å². The number of carbonyl (C=O) groups is 1. The second-order valence-electron chi connectivity index (χ2n) is 2.84. The highest BCUT2D eigenvalue weighted by Gasteiger charge is 2.15. The quantitative estimate of drug-likeness (QED) is 0.734. The molecule has 6 nitrogen and oxygen atoms in total. The topological polar surface area (TPSA) is 86.9 Å². The molecule has 0 spiro atoms. The van der Waals surface area contributed by atoms with E-state index in [2.05, 4.69) is 14.8 Å². The lowest BCUT2D eigenvalue weighted by Crippen LogP contribution is -2.12. The van der Waals surface area contributed by atoms with Gasteiger partial charge in [-0.25, -0.2) is 0 Å². The SMILES string of the molecule is Cn1cc(-c2conc2C(N)=O)cn1. The van der Waals surface area contributed by atoms with Gasteiger partial charge in [-0.05, 0) is 0 Å². The van der Waals surface area contributed by atoms with Crippen LogP contribution in [0.1, 0.15) is 10.5 Å². The van der Waals surface area contributed by atoms with Crippen LogP contribution < -0.4 is 5.73 Å². The number of rotatable bonds is 2. The van der Waals surface area contributed by atoms with Gasteiger partial charge in [0.2, 0.25) is 0 Å². The molecular weight excluding hydrogens is 184 g/mol. The highest BCUT2D eigenvalue weighted by atomic mass is 16.5. The number of hydrogen-bond acceptors (Lipinski definition) is 4. The lowest BCUT2D eigenvalue weighted by atomic mass is 10.1. The molecule has 2 aromatic rings. The molecule has 0 bridgehead atoms. The molecule has 0 aliphatic carbocycles. The summed E-state index contributed by atoms with van der Waals surface area (Å²) in [7, 11) is 1.78. The van der Waals surface area contributed by atoms with Crippen molar-refractivity contribution in [3.05, 3.63) is 24.4 Å². The van der Waals surface area contributed by atoms with Crippen LogP contribution >= 0.6 is 0 Å². The van der Waals surface area contributed by atoms with Crippen LogP contribution in [0.4, 0.5) is 0 Å². The van der Waals surface area contributed by atoms with Crippen LogP contribution in [0.15, 0.2) is 23.2 Å². The Morgan fingerprint density at radius 3 is 3.00 bits per heavy atom. The van der Waals surface area contributed by atoms with Crippen molar-refractivity contribution in [3.8, 4) is 11.1 Å². The minimum absolute atomic E-state index is 0.123. The van der Waals surface area contributed by atoms with Crippen molar-refractivity contribution in [1.29, 1.82) is 0 Å². The molecule has 6 heteroatoms. The van der Waals surface area contributed by atoms with Crippen LogP contribution in [0, 0.1) is 0 Å². The van der Waals surface area contributed by atoms with E-state index in [1.807, 2.05) is 0 Å². The van der Waals surface area contributed by atoms with Gasteiger partial charge >= 0.3 is 0 Å². The Hall–Kier alpha value is -2.11. The third kappa shape index (κ3) is 1.26. The molecule has 0 aliphatic heterocycles. The number of amides is 1. The molecule has 72 valence electrons. The standard InChI is InChI=1S/C8H8N4O2/c1-12-3-5(2-10-12)6-4-14-11-7(6)8(9)13/h2-4H,1H3,(H2,9,13). The highest BCUT2D eigenvalue weighted by molar-refractivity contribution is 5.97. The summed E-state index contributed by atoms with van der Waals surface area (Å²) in [4.78, 5) is 10.9. The second-order valence-corrected chi connectivity index (χ2v) is 2.84. The van der Waals surface area contributed by atoms with Gasteiger partial charge in [0, 0.05) is 18.8 Å². The fourth-order valence-corrected chi connectivity index (χ4v) is 1.18. The fourth-order valence-electron chi connectivity index (χ4n) is 1.18. The number of aromatic nitrogens is 3. The molecule has 0 saturated carbocycles. The maximum Gasteiger partial charge on any atom is 0.271 e. The van der Waals surface area contributed by atoms with Crippen LogP contribution in [0.3, 0.4) is 0 Å². The number of nitrogens with zero attached hydrogens (tertiary/aromatic N) is 3. The number of hydrogen-bond donors (Lipinski definition) is 1. The summed E-state index contributed by atoms with van der Waals surface area (Å²) < 4.78 is 6.30. The maximum atomic E-state index is 10.9. The van der Waals surface area contributed by atoms with Gasteiger partial charge in [0.25, 0.3) is 5.91 Å². The van der Waals surface area contributed by atoms with Crippen molar-refractivity contribution < 1.29 is 9.32 Å². The van der Waals surface area contributed by atoms with Crippen molar-refractivity contribution >= 4 is 5.91 Å². The van der Waals surface area contributed by atoms with Gasteiger partial charge < -0.3 is 10.3 Å². The molecule has 2 aromatic heterocycles. The van der Waals surface area contributed by atoms with Gasteiger partial charge in [-0.1, -0.05) is 5.16 Å². The molecule has 2 heterocycles. The van der Waals surface area contributed by atoms with E-state index in [4.69, 9.17) is 5.73 Å². The molecule has 0 aliphatic rings. The van der Waals surface area contributed by atoms with E-state index in [-0.39, 0.29) is 5.69 Å². The van der Waals surface area contributed by atoms with Gasteiger partial charge in [0.05, 0.1) is 11.8 Å². The molecule has 0 radical (unpaired) electrons. The Bertz CT molecular complexity index is 471. The van der Waals surface area contributed by atoms with E-state index < -0.39 is 5.91 Å². The van der Waals surface area contributed by atoms with Gasteiger partial charge in [-0.3, -0.25) is 9.48 Å². The van der Waals surface area contributed by atoms with Crippen LogP contribution in [0.25, 0.3) is 11.1 Å². The summed E-state index contributed by atoms with van der Waals surface area (Å²) in [5.41, 5.74) is 6.55. The maximum absolute atomic E-state index is 10.9. The predicted molar refractivity (Wildman–Crippen MR) is 47.2 cm³/mol. The summed E-state index contributed by atoms with van der Waals surface area (Å²) in [6, 6.07) is 0. The summed E-state index contributed by atoms with van der Waals surface area (Å²) in [6.07, 6.45) is 4.73. The second kappa shape index (κ2) is 2.99. The third-order valence-electron chi connectivity index (χ3n) is 1.82. The number of carbonyl (C=O) groups excluding carboxylic acids is 1. The van der Waals surface area contributed by atoms with Crippen LogP contribution in [-0.2, 0) is 7.05 Å². The monoisotopic (exact) mass is 192 g/mol. The summed E-state index contributed by atoms with van der Waals surface area (Å²) >= 11 is 0. The zero-order chi connectivity index (χ0) is 10.1. The Morgan fingerprint density at radius 1 is 1.64 bits per heavy atom. The number of aryl methyl sites for hydroxylation is 1. The zero-order valence-corrected chi connectivity index (χ0v) is 7.47. The molecule has 0 aromatic carbocycles. The van der Waals surface area contributed by atoms with Crippen LogP contribution in [0.2, 0.25) is 0 Å². The molecule has 1 amide bonds. The van der Waals surface area contributed by atoms with E-state index in [1.165, 1.54) is 6.26 Å². The first kappa shape index (κ1) is 8.49. The van der Waals surface area contributed by atoms with Crippen molar-refractivity contribution in [2.45, 2.75) is 0 Å². The van der Waals surface area contributed by atoms with Gasteiger partial charge in [-0.2, -0.15) is 5.10 Å². The van der Waals surface area contributed by atoms with Crippen molar-refractivity contribution in [2.24, 2.45) is 12.8 Å². The Morgan fingerprint density at radius 2 is 2.43 bits per heavy atom.